The van der Waals surface area contributed by atoms with Gasteiger partial charge in [-0.3, -0.25) is 13.9 Å². The molecule has 1 aliphatic rings. The lowest BCUT2D eigenvalue weighted by Crippen LogP contribution is -2.43. The van der Waals surface area contributed by atoms with Crippen LogP contribution in [-0.4, -0.2) is 35.9 Å². The molecule has 31 heavy (non-hydrogen) atoms. The zero-order valence-electron chi connectivity index (χ0n) is 18.1. The standard InChI is InChI=1S/C22H25N3O6/c1-7-10-31-21(27)16-12(2)23-19-18(20(26)25(4)22(28)24(19)3)17(16)13-8-9-14(29-5)15(11-13)30-6/h7-9,11,17,23H,1,10H2,2-6H3/t17-/m0/s1. The Morgan fingerprint density at radius 2 is 1.84 bits per heavy atom. The van der Waals surface area contributed by atoms with E-state index in [1.54, 1.807) is 32.2 Å². The van der Waals surface area contributed by atoms with Crippen LogP contribution in [-0.2, 0) is 23.6 Å². The summed E-state index contributed by atoms with van der Waals surface area (Å²) < 4.78 is 18.4. The van der Waals surface area contributed by atoms with Gasteiger partial charge in [0.2, 0.25) is 0 Å². The van der Waals surface area contributed by atoms with E-state index in [9.17, 15) is 14.4 Å². The number of ether oxygens (including phenoxy) is 3. The van der Waals surface area contributed by atoms with Crippen molar-refractivity contribution in [2.45, 2.75) is 12.8 Å². The first-order valence-corrected chi connectivity index (χ1v) is 9.54. The van der Waals surface area contributed by atoms with Gasteiger partial charge in [-0.05, 0) is 24.6 Å². The molecule has 1 aliphatic heterocycles. The van der Waals surface area contributed by atoms with E-state index < -0.39 is 23.1 Å². The number of rotatable bonds is 6. The summed E-state index contributed by atoms with van der Waals surface area (Å²) in [5.74, 6) is -0.112. The number of hydrogen-bond donors (Lipinski definition) is 1. The Bertz CT molecular complexity index is 1200. The Hall–Kier alpha value is -3.75. The number of nitrogens with one attached hydrogen (secondary N) is 1. The highest BCUT2D eigenvalue weighted by molar-refractivity contribution is 5.94. The summed E-state index contributed by atoms with van der Waals surface area (Å²) in [6.45, 7) is 5.29. The molecule has 0 radical (unpaired) electrons. The van der Waals surface area contributed by atoms with E-state index in [1.165, 1.54) is 31.9 Å². The lowest BCUT2D eigenvalue weighted by molar-refractivity contribution is -0.138. The van der Waals surface area contributed by atoms with Gasteiger partial charge in [-0.15, -0.1) is 0 Å². The summed E-state index contributed by atoms with van der Waals surface area (Å²) >= 11 is 0. The van der Waals surface area contributed by atoms with E-state index in [2.05, 4.69) is 11.9 Å². The van der Waals surface area contributed by atoms with E-state index in [-0.39, 0.29) is 17.7 Å². The third-order valence-electron chi connectivity index (χ3n) is 5.28. The molecule has 0 aliphatic carbocycles. The molecule has 1 N–H and O–H groups in total. The van der Waals surface area contributed by atoms with E-state index in [0.717, 1.165) is 4.57 Å². The molecule has 0 amide bonds. The number of aromatic nitrogens is 2. The number of fused-ring (bicyclic) bond motifs is 1. The summed E-state index contributed by atoms with van der Waals surface area (Å²) in [4.78, 5) is 38.7. The van der Waals surface area contributed by atoms with Crippen molar-refractivity contribution in [1.82, 2.24) is 9.13 Å². The Morgan fingerprint density at radius 3 is 2.45 bits per heavy atom. The molecule has 1 aromatic carbocycles. The molecule has 0 saturated heterocycles. The van der Waals surface area contributed by atoms with Gasteiger partial charge in [0.05, 0.1) is 31.3 Å². The summed E-state index contributed by atoms with van der Waals surface area (Å²) in [5.41, 5.74) is 0.621. The van der Waals surface area contributed by atoms with Crippen LogP contribution in [0.4, 0.5) is 5.82 Å². The second-order valence-electron chi connectivity index (χ2n) is 7.07. The molecule has 9 heteroatoms. The molecule has 2 heterocycles. The topological polar surface area (TPSA) is 101 Å². The Balaban J connectivity index is 2.35. The molecule has 9 nitrogen and oxygen atoms in total. The third kappa shape index (κ3) is 3.63. The molecule has 164 valence electrons. The molecule has 0 bridgehead atoms. The minimum atomic E-state index is -0.793. The van der Waals surface area contributed by atoms with Gasteiger partial charge in [-0.1, -0.05) is 18.7 Å². The van der Waals surface area contributed by atoms with Crippen LogP contribution >= 0.6 is 0 Å². The Labute approximate surface area is 179 Å². The van der Waals surface area contributed by atoms with E-state index in [4.69, 9.17) is 14.2 Å². The third-order valence-corrected chi connectivity index (χ3v) is 5.28. The molecule has 0 fully saturated rings. The lowest BCUT2D eigenvalue weighted by atomic mass is 9.82. The van der Waals surface area contributed by atoms with Crippen LogP contribution in [0.15, 0.2) is 51.7 Å². The lowest BCUT2D eigenvalue weighted by Gasteiger charge is -2.31. The summed E-state index contributed by atoms with van der Waals surface area (Å²) in [6.07, 6.45) is 1.46. The number of hydrogen-bond acceptors (Lipinski definition) is 7. The largest absolute Gasteiger partial charge is 0.493 e. The van der Waals surface area contributed by atoms with Crippen LogP contribution in [0.25, 0.3) is 0 Å². The van der Waals surface area contributed by atoms with Crippen molar-refractivity contribution >= 4 is 11.8 Å². The molecule has 1 atom stereocenters. The maximum Gasteiger partial charge on any atom is 0.337 e. The van der Waals surface area contributed by atoms with Gasteiger partial charge >= 0.3 is 11.7 Å². The first kappa shape index (κ1) is 21.9. The average molecular weight is 427 g/mol. The van der Waals surface area contributed by atoms with Gasteiger partial charge in [0.15, 0.2) is 11.5 Å². The van der Waals surface area contributed by atoms with Crippen LogP contribution < -0.4 is 26.0 Å². The molecule has 3 rings (SSSR count). The predicted octanol–water partition coefficient (Wildman–Crippen LogP) is 1.66. The van der Waals surface area contributed by atoms with Crippen LogP contribution in [0.2, 0.25) is 0 Å². The fourth-order valence-corrected chi connectivity index (χ4v) is 3.74. The summed E-state index contributed by atoms with van der Waals surface area (Å²) in [5, 5.41) is 3.04. The number of allylic oxidation sites excluding steroid dienone is 1. The molecule has 0 spiro atoms. The minimum Gasteiger partial charge on any atom is -0.493 e. The van der Waals surface area contributed by atoms with Crippen LogP contribution in [0.3, 0.4) is 0 Å². The molecular formula is C22H25N3O6. The second-order valence-corrected chi connectivity index (χ2v) is 7.07. The number of benzene rings is 1. The number of carbonyl (C=O) groups is 1. The van der Waals surface area contributed by atoms with E-state index >= 15 is 0 Å². The molecule has 0 saturated carbocycles. The van der Waals surface area contributed by atoms with Crippen molar-refractivity contribution < 1.29 is 19.0 Å². The predicted molar refractivity (Wildman–Crippen MR) is 116 cm³/mol. The van der Waals surface area contributed by atoms with Crippen molar-refractivity contribution in [1.29, 1.82) is 0 Å². The zero-order chi connectivity index (χ0) is 22.9. The quantitative estimate of drug-likeness (QED) is 0.553. The van der Waals surface area contributed by atoms with Gasteiger partial charge < -0.3 is 19.5 Å². The summed E-state index contributed by atoms with van der Waals surface area (Å²) in [7, 11) is 5.98. The van der Waals surface area contributed by atoms with Crippen molar-refractivity contribution in [2.75, 3.05) is 26.1 Å². The fraction of sp³-hybridized carbons (Fsp3) is 0.318. The number of anilines is 1. The maximum atomic E-state index is 13.2. The molecule has 2 aromatic rings. The van der Waals surface area contributed by atoms with Crippen molar-refractivity contribution in [3.63, 3.8) is 0 Å². The maximum absolute atomic E-state index is 13.2. The first-order chi connectivity index (χ1) is 14.8. The fourth-order valence-electron chi connectivity index (χ4n) is 3.74. The molecular weight excluding hydrogens is 402 g/mol. The number of carbonyl (C=O) groups excluding carboxylic acids is 1. The van der Waals surface area contributed by atoms with Crippen LogP contribution in [0, 0.1) is 0 Å². The minimum absolute atomic E-state index is 0.0202. The van der Waals surface area contributed by atoms with Gasteiger partial charge in [0.25, 0.3) is 5.56 Å². The van der Waals surface area contributed by atoms with Crippen molar-refractivity contribution in [2.24, 2.45) is 14.1 Å². The number of esters is 1. The zero-order valence-corrected chi connectivity index (χ0v) is 18.1. The van der Waals surface area contributed by atoms with Crippen molar-refractivity contribution in [3.05, 3.63) is 74.1 Å². The van der Waals surface area contributed by atoms with E-state index in [1.807, 2.05) is 0 Å². The van der Waals surface area contributed by atoms with Crippen LogP contribution in [0.1, 0.15) is 24.0 Å². The molecule has 0 unspecified atom stereocenters. The number of methoxy groups -OCH3 is 2. The van der Waals surface area contributed by atoms with E-state index in [0.29, 0.717) is 28.6 Å². The summed E-state index contributed by atoms with van der Waals surface area (Å²) in [6, 6.07) is 5.15. The average Bonchev–Trinajstić information content (AvgIpc) is 2.78. The van der Waals surface area contributed by atoms with Gasteiger partial charge in [0.1, 0.15) is 12.4 Å². The Morgan fingerprint density at radius 1 is 1.16 bits per heavy atom. The number of nitrogens with zero attached hydrogens (tertiary/aromatic N) is 2. The second kappa shape index (κ2) is 8.55. The Kier molecular flexibility index (Phi) is 6.05. The smallest absolute Gasteiger partial charge is 0.337 e. The highest BCUT2D eigenvalue weighted by atomic mass is 16.5. The normalized spacial score (nSPS) is 15.1. The van der Waals surface area contributed by atoms with Crippen LogP contribution in [0.5, 0.6) is 11.5 Å². The van der Waals surface area contributed by atoms with Gasteiger partial charge in [-0.25, -0.2) is 9.59 Å². The first-order valence-electron chi connectivity index (χ1n) is 9.54. The molecule has 1 aromatic heterocycles. The highest BCUT2D eigenvalue weighted by Crippen LogP contribution is 2.42. The monoisotopic (exact) mass is 427 g/mol. The highest BCUT2D eigenvalue weighted by Gasteiger charge is 2.37. The van der Waals surface area contributed by atoms with Crippen molar-refractivity contribution in [3.8, 4) is 11.5 Å². The SMILES string of the molecule is C=CCOC(=O)C1=C(C)Nc2c(c(=O)n(C)c(=O)n2C)[C@H]1c1ccc(OC)c(OC)c1. The van der Waals surface area contributed by atoms with Gasteiger partial charge in [-0.2, -0.15) is 0 Å². The van der Waals surface area contributed by atoms with Gasteiger partial charge in [0, 0.05) is 19.8 Å².